The molecule has 1 aliphatic heterocycles. The van der Waals surface area contributed by atoms with Crippen LogP contribution in [0, 0.1) is 6.07 Å². The van der Waals surface area contributed by atoms with Gasteiger partial charge < -0.3 is 56.3 Å². The molecule has 0 amide bonds. The Morgan fingerprint density at radius 1 is 0.811 bits per heavy atom. The molecule has 1 heterocycles. The number of nitrogens with zero attached hydrogens (tertiary/aromatic N) is 5. The first-order valence-corrected chi connectivity index (χ1v) is 11.0. The fraction of sp³-hybridized carbons (Fsp3) is 0.261. The van der Waals surface area contributed by atoms with E-state index in [4.69, 9.17) is 4.74 Å². The van der Waals surface area contributed by atoms with Gasteiger partial charge in [0.05, 0.1) is 0 Å². The summed E-state index contributed by atoms with van der Waals surface area (Å²) in [5, 5.41) is 0. The van der Waals surface area contributed by atoms with E-state index in [-0.39, 0.29) is 30.2 Å². The van der Waals surface area contributed by atoms with Gasteiger partial charge in [0.15, 0.2) is 0 Å². The van der Waals surface area contributed by atoms with Gasteiger partial charge >= 0.3 is 48.6 Å². The van der Waals surface area contributed by atoms with Gasteiger partial charge in [0.25, 0.3) is 0 Å². The number of ether oxygens (including phenoxy) is 1. The van der Waals surface area contributed by atoms with Gasteiger partial charge in [0.2, 0.25) is 0 Å². The summed E-state index contributed by atoms with van der Waals surface area (Å²) in [6, 6.07) is 21.2. The van der Waals surface area contributed by atoms with Crippen molar-refractivity contribution in [3.8, 4) is 0 Å². The molecule has 0 bridgehead atoms. The number of hydrogen-bond acceptors (Lipinski definition) is 6. The van der Waals surface area contributed by atoms with Gasteiger partial charge in [0.1, 0.15) is 18.5 Å². The number of aliphatic imine (C=N–C) groups is 5. The van der Waals surface area contributed by atoms with E-state index < -0.39 is 8.16 Å². The molecule has 6 nitrogen and oxygen atoms in total. The summed E-state index contributed by atoms with van der Waals surface area (Å²) in [5.74, 6) is 0.694. The van der Waals surface area contributed by atoms with Crippen LogP contribution in [-0.4, -0.2) is 67.6 Å². The summed E-state index contributed by atoms with van der Waals surface area (Å²) in [7, 11) is -2.44. The van der Waals surface area contributed by atoms with E-state index in [0.29, 0.717) is 12.5 Å². The first-order chi connectivity index (χ1) is 16.3. The Labute approximate surface area is 228 Å². The molecule has 1 atom stereocenters. The van der Waals surface area contributed by atoms with Crippen molar-refractivity contribution in [2.45, 2.75) is 6.04 Å². The molecular formula is C23H28F6N5OPRu-. The molecule has 0 saturated heterocycles. The summed E-state index contributed by atoms with van der Waals surface area (Å²) in [6.07, 6.45) is 0. The Bertz CT molecular complexity index is 829. The minimum absolute atomic E-state index is 0. The van der Waals surface area contributed by atoms with Gasteiger partial charge in [-0.05, 0) is 33.8 Å². The van der Waals surface area contributed by atoms with Crippen molar-refractivity contribution in [2.24, 2.45) is 25.0 Å². The molecule has 0 unspecified atom stereocenters. The van der Waals surface area contributed by atoms with Crippen LogP contribution in [0.4, 0.5) is 21.0 Å². The van der Waals surface area contributed by atoms with Crippen molar-refractivity contribution in [1.82, 2.24) is 0 Å². The molecule has 0 fully saturated rings. The monoisotopic (exact) mass is 637 g/mol. The number of halogens is 6. The minimum Gasteiger partial charge on any atom is -1.00 e. The standard InChI is InChI=1S/C15H12NO.4C2H4N.F5P.FH.Ru/c1-3-7-12(8-4-1)14-11-17-15(16-14)13-9-5-2-6-10-13;4*1-3-2;1-6(2,3,4)5;;/h1-9,14H,11H2;4*1H,2H3;;1H;/q5*-1;;;+5/p-1/t14-;;;;;;;/m1......./s1. The van der Waals surface area contributed by atoms with Crippen LogP contribution in [0.5, 0.6) is 0 Å². The molecule has 0 saturated carbocycles. The average Bonchev–Trinajstić information content (AvgIpc) is 3.26. The molecule has 0 N–H and O–H groups in total. The van der Waals surface area contributed by atoms with Crippen LogP contribution in [0.2, 0.25) is 0 Å². The Morgan fingerprint density at radius 3 is 1.54 bits per heavy atom. The van der Waals surface area contributed by atoms with Crippen LogP contribution in [0.1, 0.15) is 17.2 Å². The Morgan fingerprint density at radius 2 is 1.19 bits per heavy atom. The summed E-state index contributed by atoms with van der Waals surface area (Å²) in [4.78, 5) is 16.6. The van der Waals surface area contributed by atoms with Gasteiger partial charge in [-0.25, -0.2) is 0 Å². The van der Waals surface area contributed by atoms with Gasteiger partial charge in [-0.1, -0.05) is 35.9 Å². The molecule has 37 heavy (non-hydrogen) atoms. The number of benzene rings is 2. The Hall–Kier alpha value is -2.78. The van der Waals surface area contributed by atoms with Crippen molar-refractivity contribution in [1.29, 1.82) is 0 Å². The first-order valence-electron chi connectivity index (χ1n) is 9.33. The van der Waals surface area contributed by atoms with E-state index in [1.807, 2.05) is 42.5 Å². The Kier molecular flexibility index (Phi) is 31.4. The topological polar surface area (TPSA) is 71.0 Å². The van der Waals surface area contributed by atoms with Gasteiger partial charge in [-0.15, -0.1) is 30.3 Å². The number of hydrogen-bond donors (Lipinski definition) is 0. The van der Waals surface area contributed by atoms with Gasteiger partial charge in [-0.2, -0.15) is 0 Å². The summed E-state index contributed by atoms with van der Waals surface area (Å²) >= 11 is 0. The van der Waals surface area contributed by atoms with E-state index in [1.165, 1.54) is 33.8 Å². The molecule has 207 valence electrons. The maximum atomic E-state index is 9.84. The first kappa shape index (κ1) is 44.2. The molecule has 1 radical (unpaired) electrons. The van der Waals surface area contributed by atoms with Gasteiger partial charge in [0, 0.05) is 0 Å². The molecular weight excluding hydrogens is 608 g/mol. The zero-order chi connectivity index (χ0) is 27.8. The second kappa shape index (κ2) is 26.3. The maximum Gasteiger partial charge on any atom is 5.00 e. The van der Waals surface area contributed by atoms with Crippen molar-refractivity contribution in [3.05, 3.63) is 71.8 Å². The zero-order valence-electron chi connectivity index (χ0n) is 20.5. The SMILES string of the molecule is FP(F)(F)(F)F.[CH-]=NC.[CH-]=NC.[CH-]=NC.[CH-]=NC.[F-].[Ru+5].[c-]1ccccc1C1=N[C@@H](c2ccccc2)CO1. The predicted octanol–water partition coefficient (Wildman–Crippen LogP) is 3.74. The number of rotatable bonds is 2. The van der Waals surface area contributed by atoms with Crippen LogP contribution in [-0.2, 0) is 24.2 Å². The largest absolute Gasteiger partial charge is 5.00 e. The van der Waals surface area contributed by atoms with E-state index in [9.17, 15) is 21.0 Å². The van der Waals surface area contributed by atoms with Crippen LogP contribution >= 0.6 is 8.16 Å². The third-order valence-corrected chi connectivity index (χ3v) is 2.77. The second-order valence-electron chi connectivity index (χ2n) is 5.62. The summed E-state index contributed by atoms with van der Waals surface area (Å²) < 4.78 is 54.8. The molecule has 3 rings (SSSR count). The van der Waals surface area contributed by atoms with Crippen molar-refractivity contribution < 1.29 is 49.9 Å². The molecule has 0 aliphatic carbocycles. The fourth-order valence-electron chi connectivity index (χ4n) is 1.89. The zero-order valence-corrected chi connectivity index (χ0v) is 23.1. The molecule has 0 aromatic heterocycles. The van der Waals surface area contributed by atoms with Crippen LogP contribution in [0.3, 0.4) is 0 Å². The van der Waals surface area contributed by atoms with Gasteiger partial charge in [-0.3, -0.25) is 4.99 Å². The molecule has 2 aromatic carbocycles. The van der Waals surface area contributed by atoms with Crippen molar-refractivity contribution in [3.63, 3.8) is 0 Å². The van der Waals surface area contributed by atoms with Crippen LogP contribution in [0.15, 0.2) is 79.6 Å². The quantitative estimate of drug-likeness (QED) is 0.163. The average molecular weight is 637 g/mol. The second-order valence-corrected chi connectivity index (χ2v) is 6.90. The third-order valence-electron chi connectivity index (χ3n) is 2.77. The normalized spacial score (nSPS) is 13.1. The van der Waals surface area contributed by atoms with E-state index >= 15 is 0 Å². The Balaban J connectivity index is -0.000000144. The van der Waals surface area contributed by atoms with E-state index in [2.05, 4.69) is 70.0 Å². The minimum atomic E-state index is -8.55. The molecule has 0 spiro atoms. The fourth-order valence-corrected chi connectivity index (χ4v) is 1.89. The molecule has 2 aromatic rings. The van der Waals surface area contributed by atoms with Crippen LogP contribution < -0.4 is 4.70 Å². The summed E-state index contributed by atoms with van der Waals surface area (Å²) in [5.41, 5.74) is 2.12. The van der Waals surface area contributed by atoms with E-state index in [1.54, 1.807) is 0 Å². The van der Waals surface area contributed by atoms with E-state index in [0.717, 1.165) is 5.56 Å². The smallest absolute Gasteiger partial charge is 1.00 e. The predicted molar refractivity (Wildman–Crippen MR) is 137 cm³/mol. The molecule has 1 aliphatic rings. The third kappa shape index (κ3) is 35.5. The maximum absolute atomic E-state index is 9.84. The van der Waals surface area contributed by atoms with Crippen molar-refractivity contribution >= 4 is 40.9 Å². The molecule has 14 heteroatoms. The van der Waals surface area contributed by atoms with Crippen LogP contribution in [0.25, 0.3) is 0 Å². The van der Waals surface area contributed by atoms with Crippen molar-refractivity contribution in [2.75, 3.05) is 34.8 Å². The summed E-state index contributed by atoms with van der Waals surface area (Å²) in [6.45, 7) is 18.5.